The number of nitrogens with one attached hydrogen (secondary N) is 1. The van der Waals surface area contributed by atoms with Crippen molar-refractivity contribution < 1.29 is 9.59 Å². The van der Waals surface area contributed by atoms with Crippen LogP contribution in [0.25, 0.3) is 0 Å². The molecule has 0 unspecified atom stereocenters. The minimum atomic E-state index is -0.490. The highest BCUT2D eigenvalue weighted by molar-refractivity contribution is 5.99. The van der Waals surface area contributed by atoms with Crippen LogP contribution in [0.4, 0.5) is 11.4 Å². The lowest BCUT2D eigenvalue weighted by molar-refractivity contribution is -0.116. The molecule has 3 N–H and O–H groups in total. The van der Waals surface area contributed by atoms with Crippen molar-refractivity contribution in [3.8, 4) is 0 Å². The number of anilines is 2. The number of rotatable bonds is 7. The number of amides is 2. The van der Waals surface area contributed by atoms with Gasteiger partial charge in [0.15, 0.2) is 0 Å². The summed E-state index contributed by atoms with van der Waals surface area (Å²) in [6.45, 7) is 6.26. The molecule has 1 saturated heterocycles. The molecule has 1 aliphatic rings. The van der Waals surface area contributed by atoms with Gasteiger partial charge >= 0.3 is 0 Å². The standard InChI is InChI=1S/C24H31N3O2/c1-17(2)19-9-6-18(7-10-19)8-13-23(28)26-21-16-20(24(25)29)11-12-22(21)27-14-4-3-5-15-27/h6-7,9-12,16-17H,3-5,8,13-15H2,1-2H3,(H2,25,29)(H,26,28). The smallest absolute Gasteiger partial charge is 0.248 e. The number of aryl methyl sites for hydroxylation is 1. The van der Waals surface area contributed by atoms with Gasteiger partial charge < -0.3 is 16.0 Å². The molecule has 2 aromatic rings. The maximum absolute atomic E-state index is 12.6. The van der Waals surface area contributed by atoms with Crippen LogP contribution in [-0.4, -0.2) is 24.9 Å². The molecule has 154 valence electrons. The normalized spacial score (nSPS) is 14.1. The molecular formula is C24H31N3O2. The molecule has 0 radical (unpaired) electrons. The second-order valence-electron chi connectivity index (χ2n) is 8.09. The Bertz CT molecular complexity index is 853. The summed E-state index contributed by atoms with van der Waals surface area (Å²) in [6, 6.07) is 13.8. The van der Waals surface area contributed by atoms with E-state index in [2.05, 4.69) is 48.3 Å². The Balaban J connectivity index is 1.69. The molecule has 0 aliphatic carbocycles. The number of nitrogens with zero attached hydrogens (tertiary/aromatic N) is 1. The van der Waals surface area contributed by atoms with E-state index in [0.717, 1.165) is 37.2 Å². The Labute approximate surface area is 173 Å². The van der Waals surface area contributed by atoms with E-state index in [-0.39, 0.29) is 5.91 Å². The molecule has 0 aromatic heterocycles. The molecule has 0 saturated carbocycles. The van der Waals surface area contributed by atoms with Gasteiger partial charge in [-0.2, -0.15) is 0 Å². The minimum Gasteiger partial charge on any atom is -0.370 e. The lowest BCUT2D eigenvalue weighted by Gasteiger charge is -2.30. The monoisotopic (exact) mass is 393 g/mol. The first-order valence-electron chi connectivity index (χ1n) is 10.5. The van der Waals surface area contributed by atoms with E-state index in [4.69, 9.17) is 5.73 Å². The summed E-state index contributed by atoms with van der Waals surface area (Å²) >= 11 is 0. The van der Waals surface area contributed by atoms with E-state index in [9.17, 15) is 9.59 Å². The van der Waals surface area contributed by atoms with Gasteiger partial charge in [-0.05, 0) is 60.9 Å². The summed E-state index contributed by atoms with van der Waals surface area (Å²) in [5, 5.41) is 3.01. The Morgan fingerprint density at radius 3 is 2.34 bits per heavy atom. The van der Waals surface area contributed by atoms with Gasteiger partial charge in [0.05, 0.1) is 11.4 Å². The molecule has 2 amide bonds. The van der Waals surface area contributed by atoms with Crippen molar-refractivity contribution >= 4 is 23.2 Å². The SMILES string of the molecule is CC(C)c1ccc(CCC(=O)Nc2cc(C(N)=O)ccc2N2CCCCC2)cc1. The quantitative estimate of drug-likeness (QED) is 0.729. The van der Waals surface area contributed by atoms with Crippen molar-refractivity contribution in [2.75, 3.05) is 23.3 Å². The second kappa shape index (κ2) is 9.59. The molecule has 3 rings (SSSR count). The summed E-state index contributed by atoms with van der Waals surface area (Å²) in [5.41, 5.74) is 9.93. The van der Waals surface area contributed by atoms with Gasteiger partial charge in [0.1, 0.15) is 0 Å². The summed E-state index contributed by atoms with van der Waals surface area (Å²) in [4.78, 5) is 26.5. The van der Waals surface area contributed by atoms with E-state index in [1.165, 1.54) is 12.0 Å². The molecule has 5 heteroatoms. The van der Waals surface area contributed by atoms with Crippen molar-refractivity contribution in [3.63, 3.8) is 0 Å². The molecule has 5 nitrogen and oxygen atoms in total. The van der Waals surface area contributed by atoms with Gasteiger partial charge in [-0.1, -0.05) is 38.1 Å². The number of piperidine rings is 1. The van der Waals surface area contributed by atoms with Crippen LogP contribution >= 0.6 is 0 Å². The van der Waals surface area contributed by atoms with E-state index >= 15 is 0 Å². The number of carbonyl (C=O) groups is 2. The molecular weight excluding hydrogens is 362 g/mol. The number of primary amides is 1. The number of hydrogen-bond acceptors (Lipinski definition) is 3. The first-order chi connectivity index (χ1) is 13.9. The van der Waals surface area contributed by atoms with E-state index in [1.807, 2.05) is 6.07 Å². The first kappa shape index (κ1) is 20.9. The van der Waals surface area contributed by atoms with Crippen LogP contribution in [-0.2, 0) is 11.2 Å². The topological polar surface area (TPSA) is 75.4 Å². The van der Waals surface area contributed by atoms with Crippen LogP contribution < -0.4 is 16.0 Å². The molecule has 1 heterocycles. The van der Waals surface area contributed by atoms with Crippen molar-refractivity contribution in [1.82, 2.24) is 0 Å². The summed E-state index contributed by atoms with van der Waals surface area (Å²) in [7, 11) is 0. The number of carbonyl (C=O) groups excluding carboxylic acids is 2. The Morgan fingerprint density at radius 1 is 1.03 bits per heavy atom. The van der Waals surface area contributed by atoms with Gasteiger partial charge in [-0.25, -0.2) is 0 Å². The number of benzene rings is 2. The van der Waals surface area contributed by atoms with Gasteiger partial charge in [0, 0.05) is 25.1 Å². The highest BCUT2D eigenvalue weighted by Gasteiger charge is 2.17. The van der Waals surface area contributed by atoms with Crippen LogP contribution in [0.2, 0.25) is 0 Å². The predicted molar refractivity (Wildman–Crippen MR) is 119 cm³/mol. The van der Waals surface area contributed by atoms with Crippen LogP contribution in [0.3, 0.4) is 0 Å². The van der Waals surface area contributed by atoms with Crippen LogP contribution in [0.5, 0.6) is 0 Å². The van der Waals surface area contributed by atoms with E-state index < -0.39 is 5.91 Å². The van der Waals surface area contributed by atoms with Crippen LogP contribution in [0, 0.1) is 0 Å². The fourth-order valence-electron chi connectivity index (χ4n) is 3.74. The van der Waals surface area contributed by atoms with Crippen molar-refractivity contribution in [2.45, 2.75) is 51.9 Å². The van der Waals surface area contributed by atoms with Gasteiger partial charge in [-0.3, -0.25) is 9.59 Å². The van der Waals surface area contributed by atoms with Crippen molar-refractivity contribution in [2.24, 2.45) is 5.73 Å². The number of nitrogens with two attached hydrogens (primary N) is 1. The zero-order chi connectivity index (χ0) is 20.8. The van der Waals surface area contributed by atoms with Crippen molar-refractivity contribution in [1.29, 1.82) is 0 Å². The van der Waals surface area contributed by atoms with E-state index in [1.54, 1.807) is 12.1 Å². The fourth-order valence-corrected chi connectivity index (χ4v) is 3.74. The van der Waals surface area contributed by atoms with Crippen molar-refractivity contribution in [3.05, 3.63) is 59.2 Å². The number of hydrogen-bond donors (Lipinski definition) is 2. The first-order valence-corrected chi connectivity index (χ1v) is 10.5. The molecule has 2 aromatic carbocycles. The molecule has 0 atom stereocenters. The van der Waals surface area contributed by atoms with Gasteiger partial charge in [0.2, 0.25) is 11.8 Å². The zero-order valence-corrected chi connectivity index (χ0v) is 17.4. The fraction of sp³-hybridized carbons (Fsp3) is 0.417. The molecule has 0 bridgehead atoms. The average molecular weight is 394 g/mol. The molecule has 0 spiro atoms. The largest absolute Gasteiger partial charge is 0.370 e. The van der Waals surface area contributed by atoms with Crippen LogP contribution in [0.1, 0.15) is 66.9 Å². The Kier molecular flexibility index (Phi) is 6.91. The van der Waals surface area contributed by atoms with E-state index in [0.29, 0.717) is 30.0 Å². The lowest BCUT2D eigenvalue weighted by atomic mass is 10.0. The summed E-state index contributed by atoms with van der Waals surface area (Å²) in [5.74, 6) is -0.0492. The van der Waals surface area contributed by atoms with Crippen LogP contribution in [0.15, 0.2) is 42.5 Å². The molecule has 1 aliphatic heterocycles. The third-order valence-electron chi connectivity index (χ3n) is 5.54. The predicted octanol–water partition coefficient (Wildman–Crippen LogP) is 4.47. The van der Waals surface area contributed by atoms with Gasteiger partial charge in [-0.15, -0.1) is 0 Å². The second-order valence-corrected chi connectivity index (χ2v) is 8.09. The lowest BCUT2D eigenvalue weighted by Crippen LogP contribution is -2.30. The minimum absolute atomic E-state index is 0.0576. The Morgan fingerprint density at radius 2 is 1.72 bits per heavy atom. The highest BCUT2D eigenvalue weighted by Crippen LogP contribution is 2.30. The maximum Gasteiger partial charge on any atom is 0.248 e. The summed E-state index contributed by atoms with van der Waals surface area (Å²) < 4.78 is 0. The Hall–Kier alpha value is -2.82. The molecule has 29 heavy (non-hydrogen) atoms. The third kappa shape index (κ3) is 5.59. The average Bonchev–Trinajstić information content (AvgIpc) is 2.73. The van der Waals surface area contributed by atoms with Gasteiger partial charge in [0.25, 0.3) is 0 Å². The highest BCUT2D eigenvalue weighted by atomic mass is 16.2. The summed E-state index contributed by atoms with van der Waals surface area (Å²) in [6.07, 6.45) is 4.57. The zero-order valence-electron chi connectivity index (χ0n) is 17.4. The molecule has 1 fully saturated rings. The third-order valence-corrected chi connectivity index (χ3v) is 5.54. The maximum atomic E-state index is 12.6.